The van der Waals surface area contributed by atoms with Gasteiger partial charge in [0, 0.05) is 5.88 Å². The van der Waals surface area contributed by atoms with Gasteiger partial charge in [0.05, 0.1) is 23.8 Å². The summed E-state index contributed by atoms with van der Waals surface area (Å²) in [6, 6.07) is 5.22. The van der Waals surface area contributed by atoms with Crippen LogP contribution in [0.15, 0.2) is 12.1 Å². The largest absolute Gasteiger partial charge is 0.462 e. The molecule has 0 unspecified atom stereocenters. The van der Waals surface area contributed by atoms with Crippen LogP contribution in [-0.4, -0.2) is 12.6 Å². The summed E-state index contributed by atoms with van der Waals surface area (Å²) in [5.41, 5.74) is 2.39. The van der Waals surface area contributed by atoms with Crippen molar-refractivity contribution in [3.63, 3.8) is 0 Å². The summed E-state index contributed by atoms with van der Waals surface area (Å²) in [6.45, 7) is 3.85. The van der Waals surface area contributed by atoms with Gasteiger partial charge in [-0.25, -0.2) is 4.79 Å². The van der Waals surface area contributed by atoms with Gasteiger partial charge in [0.15, 0.2) is 0 Å². The number of carbonyl (C=O) groups is 1. The molecule has 0 N–H and O–H groups in total. The zero-order chi connectivity index (χ0) is 12.1. The Morgan fingerprint density at radius 1 is 1.56 bits per heavy atom. The van der Waals surface area contributed by atoms with Crippen molar-refractivity contribution < 1.29 is 9.53 Å². The van der Waals surface area contributed by atoms with Crippen LogP contribution >= 0.6 is 11.6 Å². The average molecular weight is 238 g/mol. The molecule has 0 atom stereocenters. The molecule has 0 bridgehead atoms. The van der Waals surface area contributed by atoms with E-state index in [0.717, 1.165) is 11.1 Å². The fraction of sp³-hybridized carbons (Fsp3) is 0.333. The number of ether oxygens (including phenoxy) is 1. The van der Waals surface area contributed by atoms with E-state index in [1.807, 2.05) is 6.07 Å². The first-order chi connectivity index (χ1) is 7.63. The summed E-state index contributed by atoms with van der Waals surface area (Å²) in [7, 11) is 0. The smallest absolute Gasteiger partial charge is 0.338 e. The first-order valence-electron chi connectivity index (χ1n) is 4.90. The van der Waals surface area contributed by atoms with Crippen LogP contribution in [-0.2, 0) is 10.6 Å². The zero-order valence-electron chi connectivity index (χ0n) is 9.21. The molecule has 0 aliphatic carbocycles. The van der Waals surface area contributed by atoms with Crippen LogP contribution in [0.25, 0.3) is 0 Å². The molecule has 0 heterocycles. The summed E-state index contributed by atoms with van der Waals surface area (Å²) in [5, 5.41) is 8.84. The van der Waals surface area contributed by atoms with E-state index in [1.165, 1.54) is 6.07 Å². The second-order valence-electron chi connectivity index (χ2n) is 3.27. The Morgan fingerprint density at radius 2 is 2.25 bits per heavy atom. The molecule has 0 amide bonds. The molecule has 0 aromatic heterocycles. The molecular formula is C12H12ClNO2. The fourth-order valence-corrected chi connectivity index (χ4v) is 1.68. The normalized spacial score (nSPS) is 9.62. The van der Waals surface area contributed by atoms with Crippen LogP contribution < -0.4 is 0 Å². The molecule has 3 nitrogen and oxygen atoms in total. The highest BCUT2D eigenvalue weighted by Gasteiger charge is 2.14. The summed E-state index contributed by atoms with van der Waals surface area (Å²) in [5.74, 6) is -0.142. The van der Waals surface area contributed by atoms with Gasteiger partial charge in [-0.2, -0.15) is 5.26 Å². The predicted molar refractivity (Wildman–Crippen MR) is 61.4 cm³/mol. The molecule has 4 heteroatoms. The second kappa shape index (κ2) is 5.53. The van der Waals surface area contributed by atoms with Gasteiger partial charge in [-0.3, -0.25) is 0 Å². The maximum absolute atomic E-state index is 11.6. The Bertz CT molecular complexity index is 449. The number of halogens is 1. The summed E-state index contributed by atoms with van der Waals surface area (Å²) < 4.78 is 4.92. The minimum Gasteiger partial charge on any atom is -0.462 e. The van der Waals surface area contributed by atoms with Gasteiger partial charge < -0.3 is 4.74 Å². The monoisotopic (exact) mass is 237 g/mol. The Kier molecular flexibility index (Phi) is 4.33. The van der Waals surface area contributed by atoms with Crippen LogP contribution in [0.3, 0.4) is 0 Å². The number of rotatable bonds is 3. The molecule has 84 valence electrons. The predicted octanol–water partition coefficient (Wildman–Crippen LogP) is 2.78. The lowest BCUT2D eigenvalue weighted by Gasteiger charge is -2.09. The Balaban J connectivity index is 3.27. The van der Waals surface area contributed by atoms with E-state index in [-0.39, 0.29) is 5.88 Å². The molecule has 1 rings (SSSR count). The lowest BCUT2D eigenvalue weighted by molar-refractivity contribution is 0.0525. The SMILES string of the molecule is CCOC(=O)c1cc(C#N)cc(CCl)c1C. The molecule has 16 heavy (non-hydrogen) atoms. The van der Waals surface area contributed by atoms with Crippen molar-refractivity contribution >= 4 is 17.6 Å². The number of esters is 1. The maximum Gasteiger partial charge on any atom is 0.338 e. The Labute approximate surface area is 99.6 Å². The molecular weight excluding hydrogens is 226 g/mol. The van der Waals surface area contributed by atoms with Crippen molar-refractivity contribution in [2.24, 2.45) is 0 Å². The second-order valence-corrected chi connectivity index (χ2v) is 3.54. The van der Waals surface area contributed by atoms with E-state index in [9.17, 15) is 4.79 Å². The molecule has 1 aromatic rings. The minimum absolute atomic E-state index is 0.272. The van der Waals surface area contributed by atoms with Crippen LogP contribution in [0.5, 0.6) is 0 Å². The van der Waals surface area contributed by atoms with E-state index < -0.39 is 5.97 Å². The molecule has 0 aliphatic rings. The molecule has 1 aromatic carbocycles. The summed E-state index contributed by atoms with van der Waals surface area (Å²) >= 11 is 5.75. The number of nitriles is 1. The number of alkyl halides is 1. The fourth-order valence-electron chi connectivity index (χ4n) is 1.40. The van der Waals surface area contributed by atoms with Gasteiger partial charge in [-0.1, -0.05) is 0 Å². The Hall–Kier alpha value is -1.53. The van der Waals surface area contributed by atoms with Gasteiger partial charge >= 0.3 is 5.97 Å². The van der Waals surface area contributed by atoms with Crippen LogP contribution in [0.2, 0.25) is 0 Å². The summed E-state index contributed by atoms with van der Waals surface area (Å²) in [6.07, 6.45) is 0. The third-order valence-electron chi connectivity index (χ3n) is 2.28. The van der Waals surface area contributed by atoms with Crippen molar-refractivity contribution in [3.8, 4) is 6.07 Å². The van der Waals surface area contributed by atoms with Gasteiger partial charge in [-0.15, -0.1) is 11.6 Å². The third kappa shape index (κ3) is 2.53. The minimum atomic E-state index is -0.413. The maximum atomic E-state index is 11.6. The molecule has 0 saturated carbocycles. The zero-order valence-corrected chi connectivity index (χ0v) is 9.97. The first-order valence-corrected chi connectivity index (χ1v) is 5.44. The number of carbonyl (C=O) groups excluding carboxylic acids is 1. The Morgan fingerprint density at radius 3 is 2.75 bits per heavy atom. The van der Waals surface area contributed by atoms with Gasteiger partial charge in [0.2, 0.25) is 0 Å². The highest BCUT2D eigenvalue weighted by molar-refractivity contribution is 6.17. The van der Waals surface area contributed by atoms with Gasteiger partial charge in [0.25, 0.3) is 0 Å². The van der Waals surface area contributed by atoms with E-state index in [2.05, 4.69) is 0 Å². The molecule has 0 fully saturated rings. The van der Waals surface area contributed by atoms with Gasteiger partial charge in [0.1, 0.15) is 0 Å². The van der Waals surface area contributed by atoms with E-state index in [0.29, 0.717) is 17.7 Å². The summed E-state index contributed by atoms with van der Waals surface area (Å²) in [4.78, 5) is 11.6. The number of hydrogen-bond donors (Lipinski definition) is 0. The van der Waals surface area contributed by atoms with Crippen molar-refractivity contribution in [3.05, 3.63) is 34.4 Å². The molecule has 0 aliphatic heterocycles. The number of nitrogens with zero attached hydrogens (tertiary/aromatic N) is 1. The third-order valence-corrected chi connectivity index (χ3v) is 2.57. The van der Waals surface area contributed by atoms with E-state index >= 15 is 0 Å². The van der Waals surface area contributed by atoms with Crippen LogP contribution in [0.4, 0.5) is 0 Å². The first kappa shape index (κ1) is 12.5. The molecule has 0 radical (unpaired) electrons. The molecule has 0 spiro atoms. The van der Waals surface area contributed by atoms with E-state index in [1.54, 1.807) is 19.9 Å². The lowest BCUT2D eigenvalue weighted by Crippen LogP contribution is -2.08. The van der Waals surface area contributed by atoms with Crippen LogP contribution in [0, 0.1) is 18.3 Å². The number of hydrogen-bond acceptors (Lipinski definition) is 3. The molecule has 0 saturated heterocycles. The van der Waals surface area contributed by atoms with Crippen molar-refractivity contribution in [2.75, 3.05) is 6.61 Å². The average Bonchev–Trinajstić information content (AvgIpc) is 2.29. The standard InChI is InChI=1S/C12H12ClNO2/c1-3-16-12(15)11-5-9(7-14)4-10(6-13)8(11)2/h4-5H,3,6H2,1-2H3. The van der Waals surface area contributed by atoms with Crippen molar-refractivity contribution in [1.29, 1.82) is 5.26 Å². The van der Waals surface area contributed by atoms with E-state index in [4.69, 9.17) is 21.6 Å². The quantitative estimate of drug-likeness (QED) is 0.600. The lowest BCUT2D eigenvalue weighted by atomic mass is 10.00. The number of benzene rings is 1. The highest BCUT2D eigenvalue weighted by atomic mass is 35.5. The van der Waals surface area contributed by atoms with Crippen molar-refractivity contribution in [2.45, 2.75) is 19.7 Å². The topological polar surface area (TPSA) is 50.1 Å². The van der Waals surface area contributed by atoms with Gasteiger partial charge in [-0.05, 0) is 37.1 Å². The van der Waals surface area contributed by atoms with Crippen molar-refractivity contribution in [1.82, 2.24) is 0 Å². The highest BCUT2D eigenvalue weighted by Crippen LogP contribution is 2.19. The van der Waals surface area contributed by atoms with Crippen LogP contribution in [0.1, 0.15) is 34.0 Å².